The molecular weight excluding hydrogens is 374 g/mol. The van der Waals surface area contributed by atoms with Crippen LogP contribution in [-0.4, -0.2) is 56.6 Å². The first-order valence-corrected chi connectivity index (χ1v) is 10.4. The third kappa shape index (κ3) is 3.82. The number of piperidine rings is 1. The Balaban J connectivity index is 1.53. The number of aromatic nitrogens is 4. The number of nitrogens with zero attached hydrogens (tertiary/aromatic N) is 5. The van der Waals surface area contributed by atoms with E-state index in [4.69, 9.17) is 4.74 Å². The molecule has 1 amide bonds. The maximum absolute atomic E-state index is 12.5. The Morgan fingerprint density at radius 2 is 1.96 bits per heavy atom. The number of para-hydroxylation sites is 1. The highest BCUT2D eigenvalue weighted by Gasteiger charge is 2.21. The minimum atomic E-state index is 0.148. The standard InChI is InChI=1S/C20H23N5O2S/c1-14-9-11-24(12-10-14)19(26)13-28-20-22-21-18-8-7-16(23-25(18)20)15-5-3-4-6-17(15)27-2/h3-8,14H,9-13H2,1-2H3. The van der Waals surface area contributed by atoms with Crippen LogP contribution in [0.2, 0.25) is 0 Å². The van der Waals surface area contributed by atoms with E-state index in [9.17, 15) is 4.79 Å². The molecule has 1 saturated heterocycles. The zero-order valence-electron chi connectivity index (χ0n) is 16.0. The highest BCUT2D eigenvalue weighted by atomic mass is 32.2. The van der Waals surface area contributed by atoms with Gasteiger partial charge in [-0.3, -0.25) is 4.79 Å². The highest BCUT2D eigenvalue weighted by molar-refractivity contribution is 7.99. The van der Waals surface area contributed by atoms with Gasteiger partial charge in [-0.1, -0.05) is 30.8 Å². The van der Waals surface area contributed by atoms with Crippen LogP contribution in [0.4, 0.5) is 0 Å². The normalized spacial score (nSPS) is 15.1. The van der Waals surface area contributed by atoms with Crippen LogP contribution in [0.15, 0.2) is 41.6 Å². The summed E-state index contributed by atoms with van der Waals surface area (Å²) in [6.45, 7) is 3.93. The van der Waals surface area contributed by atoms with Gasteiger partial charge < -0.3 is 9.64 Å². The maximum Gasteiger partial charge on any atom is 0.233 e. The molecule has 7 nitrogen and oxygen atoms in total. The molecule has 0 atom stereocenters. The summed E-state index contributed by atoms with van der Waals surface area (Å²) >= 11 is 1.38. The average molecular weight is 398 g/mol. The molecule has 8 heteroatoms. The van der Waals surface area contributed by atoms with E-state index in [0.717, 1.165) is 42.9 Å². The second-order valence-electron chi connectivity index (χ2n) is 7.02. The molecule has 0 spiro atoms. The summed E-state index contributed by atoms with van der Waals surface area (Å²) in [5.41, 5.74) is 2.32. The van der Waals surface area contributed by atoms with Crippen molar-refractivity contribution in [1.29, 1.82) is 0 Å². The molecule has 1 fully saturated rings. The van der Waals surface area contributed by atoms with Crippen molar-refractivity contribution in [3.8, 4) is 17.0 Å². The van der Waals surface area contributed by atoms with Gasteiger partial charge in [0.15, 0.2) is 5.65 Å². The Kier molecular flexibility index (Phi) is 5.47. The van der Waals surface area contributed by atoms with E-state index in [1.807, 2.05) is 41.3 Å². The number of carbonyl (C=O) groups is 1. The van der Waals surface area contributed by atoms with Gasteiger partial charge in [-0.05, 0) is 43.0 Å². The Morgan fingerprint density at radius 3 is 2.75 bits per heavy atom. The lowest BCUT2D eigenvalue weighted by molar-refractivity contribution is -0.129. The Morgan fingerprint density at radius 1 is 1.18 bits per heavy atom. The quantitative estimate of drug-likeness (QED) is 0.616. The van der Waals surface area contributed by atoms with E-state index in [1.165, 1.54) is 11.8 Å². The fourth-order valence-electron chi connectivity index (χ4n) is 3.33. The molecule has 146 valence electrons. The van der Waals surface area contributed by atoms with Crippen LogP contribution < -0.4 is 4.74 Å². The molecule has 3 aromatic rings. The lowest BCUT2D eigenvalue weighted by atomic mass is 9.99. The average Bonchev–Trinajstić information content (AvgIpc) is 3.14. The Labute approximate surface area is 168 Å². The van der Waals surface area contributed by atoms with Gasteiger partial charge in [-0.25, -0.2) is 0 Å². The number of fused-ring (bicyclic) bond motifs is 1. The summed E-state index contributed by atoms with van der Waals surface area (Å²) in [4.78, 5) is 14.5. The van der Waals surface area contributed by atoms with Gasteiger partial charge in [0.25, 0.3) is 0 Å². The van der Waals surface area contributed by atoms with Crippen LogP contribution in [0, 0.1) is 5.92 Å². The number of amides is 1. The zero-order valence-corrected chi connectivity index (χ0v) is 16.9. The molecule has 1 aliphatic rings. The predicted octanol–water partition coefficient (Wildman–Crippen LogP) is 3.15. The number of benzene rings is 1. The number of methoxy groups -OCH3 is 1. The number of hydrogen-bond donors (Lipinski definition) is 0. The van der Waals surface area contributed by atoms with Crippen molar-refractivity contribution in [2.24, 2.45) is 5.92 Å². The summed E-state index contributed by atoms with van der Waals surface area (Å²) < 4.78 is 7.13. The minimum absolute atomic E-state index is 0.148. The molecule has 28 heavy (non-hydrogen) atoms. The van der Waals surface area contributed by atoms with Crippen molar-refractivity contribution in [3.63, 3.8) is 0 Å². The third-order valence-electron chi connectivity index (χ3n) is 5.08. The lowest BCUT2D eigenvalue weighted by Crippen LogP contribution is -2.38. The first-order chi connectivity index (χ1) is 13.7. The van der Waals surface area contributed by atoms with Gasteiger partial charge in [0.05, 0.1) is 18.6 Å². The third-order valence-corrected chi connectivity index (χ3v) is 5.98. The van der Waals surface area contributed by atoms with Crippen molar-refractivity contribution >= 4 is 23.3 Å². The Hall–Kier alpha value is -2.61. The number of ether oxygens (including phenoxy) is 1. The molecule has 0 radical (unpaired) electrons. The molecule has 3 heterocycles. The van der Waals surface area contributed by atoms with Gasteiger partial charge in [0.1, 0.15) is 5.75 Å². The van der Waals surface area contributed by atoms with Crippen LogP contribution in [0.5, 0.6) is 5.75 Å². The summed E-state index contributed by atoms with van der Waals surface area (Å²) in [6.07, 6.45) is 2.15. The number of likely N-dealkylation sites (tertiary alicyclic amines) is 1. The van der Waals surface area contributed by atoms with Gasteiger partial charge in [0, 0.05) is 18.7 Å². The minimum Gasteiger partial charge on any atom is -0.496 e. The lowest BCUT2D eigenvalue weighted by Gasteiger charge is -2.30. The predicted molar refractivity (Wildman–Crippen MR) is 108 cm³/mol. The molecular formula is C20H23N5O2S. The second-order valence-corrected chi connectivity index (χ2v) is 7.97. The topological polar surface area (TPSA) is 72.6 Å². The van der Waals surface area contributed by atoms with Crippen molar-refractivity contribution in [1.82, 2.24) is 24.7 Å². The fraction of sp³-hybridized carbons (Fsp3) is 0.400. The number of hydrogen-bond acceptors (Lipinski definition) is 6. The largest absolute Gasteiger partial charge is 0.496 e. The van der Waals surface area contributed by atoms with Crippen LogP contribution >= 0.6 is 11.8 Å². The zero-order chi connectivity index (χ0) is 19.5. The van der Waals surface area contributed by atoms with E-state index in [2.05, 4.69) is 22.2 Å². The van der Waals surface area contributed by atoms with E-state index in [-0.39, 0.29) is 5.91 Å². The molecule has 1 aliphatic heterocycles. The second kappa shape index (κ2) is 8.18. The molecule has 1 aromatic carbocycles. The Bertz CT molecular complexity index is 982. The summed E-state index contributed by atoms with van der Waals surface area (Å²) in [5, 5.41) is 13.7. The van der Waals surface area contributed by atoms with Gasteiger partial charge >= 0.3 is 0 Å². The molecule has 0 saturated carbocycles. The molecule has 2 aromatic heterocycles. The smallest absolute Gasteiger partial charge is 0.233 e. The molecule has 4 rings (SSSR count). The summed E-state index contributed by atoms with van der Waals surface area (Å²) in [5.74, 6) is 1.95. The van der Waals surface area contributed by atoms with Crippen molar-refractivity contribution in [2.45, 2.75) is 24.9 Å². The number of rotatable bonds is 5. The fourth-order valence-corrected chi connectivity index (χ4v) is 4.13. The monoisotopic (exact) mass is 397 g/mol. The van der Waals surface area contributed by atoms with E-state index >= 15 is 0 Å². The van der Waals surface area contributed by atoms with E-state index < -0.39 is 0 Å². The van der Waals surface area contributed by atoms with Crippen LogP contribution in [0.1, 0.15) is 19.8 Å². The first kappa shape index (κ1) is 18.7. The highest BCUT2D eigenvalue weighted by Crippen LogP contribution is 2.28. The molecule has 0 unspecified atom stereocenters. The van der Waals surface area contributed by atoms with Crippen molar-refractivity contribution < 1.29 is 9.53 Å². The molecule has 0 bridgehead atoms. The van der Waals surface area contributed by atoms with Crippen molar-refractivity contribution in [2.75, 3.05) is 26.0 Å². The van der Waals surface area contributed by atoms with E-state index in [0.29, 0.717) is 22.5 Å². The number of thioether (sulfide) groups is 1. The van der Waals surface area contributed by atoms with Gasteiger partial charge in [0.2, 0.25) is 11.1 Å². The molecule has 0 aliphatic carbocycles. The first-order valence-electron chi connectivity index (χ1n) is 9.42. The van der Waals surface area contributed by atoms with Crippen LogP contribution in [0.3, 0.4) is 0 Å². The van der Waals surface area contributed by atoms with Crippen molar-refractivity contribution in [3.05, 3.63) is 36.4 Å². The summed E-state index contributed by atoms with van der Waals surface area (Å²) in [6, 6.07) is 11.5. The van der Waals surface area contributed by atoms with Crippen LogP contribution in [-0.2, 0) is 4.79 Å². The SMILES string of the molecule is COc1ccccc1-c1ccc2nnc(SCC(=O)N3CCC(C)CC3)n2n1. The van der Waals surface area contributed by atoms with Gasteiger partial charge in [-0.15, -0.1) is 10.2 Å². The maximum atomic E-state index is 12.5. The van der Waals surface area contributed by atoms with E-state index in [1.54, 1.807) is 11.6 Å². The molecule has 0 N–H and O–H groups in total. The van der Waals surface area contributed by atoms with Gasteiger partial charge in [-0.2, -0.15) is 9.61 Å². The number of carbonyl (C=O) groups excluding carboxylic acids is 1. The van der Waals surface area contributed by atoms with Crippen LogP contribution in [0.25, 0.3) is 16.9 Å². The summed E-state index contributed by atoms with van der Waals surface area (Å²) in [7, 11) is 1.64.